The zero-order valence-electron chi connectivity index (χ0n) is 16.5. The Morgan fingerprint density at radius 2 is 2.07 bits per heavy atom. The molecule has 2 amide bonds. The molecule has 5 rings (SSSR count). The summed E-state index contributed by atoms with van der Waals surface area (Å²) in [6.07, 6.45) is 4.82. The first kappa shape index (κ1) is 18.9. The number of thiophene rings is 1. The van der Waals surface area contributed by atoms with E-state index >= 15 is 0 Å². The number of nitrogens with zero attached hydrogens (tertiary/aromatic N) is 1. The van der Waals surface area contributed by atoms with E-state index in [4.69, 9.17) is 15.0 Å². The third kappa shape index (κ3) is 3.27. The highest BCUT2D eigenvalue weighted by atomic mass is 32.1. The van der Waals surface area contributed by atoms with Crippen molar-refractivity contribution in [2.75, 3.05) is 5.32 Å². The number of fused-ring (bicyclic) bond motifs is 2. The molecule has 7 nitrogen and oxygen atoms in total. The second-order valence-electron chi connectivity index (χ2n) is 7.76. The molecule has 0 bridgehead atoms. The van der Waals surface area contributed by atoms with Crippen LogP contribution >= 0.6 is 11.3 Å². The second-order valence-corrected chi connectivity index (χ2v) is 8.87. The fourth-order valence-corrected chi connectivity index (χ4v) is 5.47. The van der Waals surface area contributed by atoms with E-state index in [2.05, 4.69) is 10.5 Å². The van der Waals surface area contributed by atoms with Gasteiger partial charge < -0.3 is 20.3 Å². The van der Waals surface area contributed by atoms with Crippen molar-refractivity contribution in [3.63, 3.8) is 0 Å². The smallest absolute Gasteiger partial charge is 0.278 e. The van der Waals surface area contributed by atoms with Crippen LogP contribution < -0.4 is 15.8 Å². The number of ether oxygens (including phenoxy) is 1. The number of nitrogens with one attached hydrogen (secondary N) is 1. The summed E-state index contributed by atoms with van der Waals surface area (Å²) in [5.41, 5.74) is 9.10. The number of aryl methyl sites for hydroxylation is 1. The Kier molecular flexibility index (Phi) is 4.58. The summed E-state index contributed by atoms with van der Waals surface area (Å²) in [5, 5.41) is 7.23. The molecular weight excluding hydrogens is 402 g/mol. The molecule has 3 heterocycles. The molecule has 2 aromatic heterocycles. The molecule has 2 aliphatic rings. The van der Waals surface area contributed by atoms with Crippen molar-refractivity contribution < 1.29 is 18.8 Å². The molecule has 30 heavy (non-hydrogen) atoms. The lowest BCUT2D eigenvalue weighted by molar-refractivity contribution is 0.100. The lowest BCUT2D eigenvalue weighted by atomic mass is 9.95. The topological polar surface area (TPSA) is 107 Å². The Morgan fingerprint density at radius 3 is 2.90 bits per heavy atom. The number of hydrogen-bond acceptors (Lipinski definition) is 6. The highest BCUT2D eigenvalue weighted by Crippen LogP contribution is 2.38. The van der Waals surface area contributed by atoms with Gasteiger partial charge in [-0.1, -0.05) is 5.16 Å². The van der Waals surface area contributed by atoms with E-state index in [1.165, 1.54) is 11.3 Å². The van der Waals surface area contributed by atoms with Crippen LogP contribution in [-0.2, 0) is 19.3 Å². The molecule has 0 spiro atoms. The van der Waals surface area contributed by atoms with Crippen LogP contribution in [0.3, 0.4) is 0 Å². The number of benzene rings is 1. The van der Waals surface area contributed by atoms with Gasteiger partial charge in [-0.05, 0) is 61.9 Å². The minimum atomic E-state index is -0.514. The van der Waals surface area contributed by atoms with E-state index in [1.807, 2.05) is 25.1 Å². The lowest BCUT2D eigenvalue weighted by Crippen LogP contribution is -2.18. The maximum Gasteiger partial charge on any atom is 0.278 e. The Labute approximate surface area is 177 Å². The molecule has 1 aliphatic heterocycles. The van der Waals surface area contributed by atoms with Gasteiger partial charge in [-0.2, -0.15) is 0 Å². The first-order chi connectivity index (χ1) is 14.5. The number of nitrogens with two attached hydrogens (primary N) is 1. The number of rotatable bonds is 4. The average Bonchev–Trinajstić information content (AvgIpc) is 3.42. The lowest BCUT2D eigenvalue weighted by Gasteiger charge is -2.11. The Hall–Kier alpha value is -3.13. The molecule has 1 aliphatic carbocycles. The van der Waals surface area contributed by atoms with Crippen LogP contribution in [-0.4, -0.2) is 23.1 Å². The Morgan fingerprint density at radius 1 is 1.23 bits per heavy atom. The maximum absolute atomic E-state index is 12.8. The van der Waals surface area contributed by atoms with Crippen molar-refractivity contribution in [1.29, 1.82) is 0 Å². The highest BCUT2D eigenvalue weighted by Gasteiger charge is 2.26. The molecule has 1 aromatic carbocycles. The van der Waals surface area contributed by atoms with Gasteiger partial charge >= 0.3 is 0 Å². The van der Waals surface area contributed by atoms with Crippen LogP contribution in [0.1, 0.15) is 56.6 Å². The van der Waals surface area contributed by atoms with Crippen LogP contribution in [0, 0.1) is 0 Å². The summed E-state index contributed by atoms with van der Waals surface area (Å²) in [6, 6.07) is 7.40. The quantitative estimate of drug-likeness (QED) is 0.660. The van der Waals surface area contributed by atoms with E-state index in [0.29, 0.717) is 16.3 Å². The predicted octanol–water partition coefficient (Wildman–Crippen LogP) is 3.96. The predicted molar refractivity (Wildman–Crippen MR) is 113 cm³/mol. The number of carbonyl (C=O) groups is 2. The van der Waals surface area contributed by atoms with Crippen LogP contribution in [0.15, 0.2) is 28.8 Å². The van der Waals surface area contributed by atoms with E-state index in [0.717, 1.165) is 59.4 Å². The molecule has 154 valence electrons. The monoisotopic (exact) mass is 423 g/mol. The Bertz CT molecular complexity index is 1160. The second kappa shape index (κ2) is 7.28. The third-order valence-corrected chi connectivity index (χ3v) is 6.78. The fourth-order valence-electron chi connectivity index (χ4n) is 4.18. The molecule has 0 fully saturated rings. The van der Waals surface area contributed by atoms with Gasteiger partial charge in [0.1, 0.15) is 16.9 Å². The van der Waals surface area contributed by atoms with Crippen molar-refractivity contribution in [2.24, 2.45) is 5.73 Å². The number of primary amides is 1. The van der Waals surface area contributed by atoms with Crippen molar-refractivity contribution >= 4 is 28.2 Å². The molecule has 0 unspecified atom stereocenters. The first-order valence-corrected chi connectivity index (χ1v) is 10.8. The van der Waals surface area contributed by atoms with E-state index in [1.54, 1.807) is 6.07 Å². The molecule has 3 N–H and O–H groups in total. The summed E-state index contributed by atoms with van der Waals surface area (Å²) in [5.74, 6) is 0.441. The molecule has 1 atom stereocenters. The number of aromatic nitrogens is 1. The van der Waals surface area contributed by atoms with Gasteiger partial charge in [-0.3, -0.25) is 9.59 Å². The standard InChI is InChI=1S/C22H21N3O4S/c1-11-8-13-9-12(6-7-16(13)28-11)17-10-15(25-29-17)21(27)24-22-19(20(23)26)14-4-2-3-5-18(14)30-22/h6-7,9-11H,2-5,8H2,1H3,(H2,23,26)(H,24,27)/t11-/m0/s1. The van der Waals surface area contributed by atoms with Gasteiger partial charge in [-0.15, -0.1) is 11.3 Å². The molecule has 3 aromatic rings. The summed E-state index contributed by atoms with van der Waals surface area (Å²) in [4.78, 5) is 25.9. The minimum Gasteiger partial charge on any atom is -0.490 e. The normalized spacial score (nSPS) is 17.2. The van der Waals surface area contributed by atoms with Crippen LogP contribution in [0.2, 0.25) is 0 Å². The zero-order chi connectivity index (χ0) is 20.8. The van der Waals surface area contributed by atoms with Gasteiger partial charge in [0.15, 0.2) is 11.5 Å². The SMILES string of the molecule is C[C@H]1Cc2cc(-c3cc(C(=O)Nc4sc5c(c4C(N)=O)CCCC5)no3)ccc2O1. The molecule has 0 saturated carbocycles. The van der Waals surface area contributed by atoms with Gasteiger partial charge in [0.25, 0.3) is 11.8 Å². The number of amides is 2. The number of carbonyl (C=O) groups excluding carboxylic acids is 2. The van der Waals surface area contributed by atoms with E-state index in [-0.39, 0.29) is 11.8 Å². The largest absolute Gasteiger partial charge is 0.490 e. The van der Waals surface area contributed by atoms with Crippen molar-refractivity contribution in [3.8, 4) is 17.1 Å². The van der Waals surface area contributed by atoms with Crippen LogP contribution in [0.5, 0.6) is 5.75 Å². The van der Waals surface area contributed by atoms with Gasteiger partial charge in [0, 0.05) is 22.9 Å². The molecular formula is C22H21N3O4S. The van der Waals surface area contributed by atoms with Gasteiger partial charge in [0.05, 0.1) is 5.56 Å². The van der Waals surface area contributed by atoms with E-state index < -0.39 is 11.8 Å². The summed E-state index contributed by atoms with van der Waals surface area (Å²) < 4.78 is 11.1. The number of anilines is 1. The van der Waals surface area contributed by atoms with Crippen molar-refractivity contribution in [3.05, 3.63) is 51.5 Å². The average molecular weight is 423 g/mol. The van der Waals surface area contributed by atoms with Crippen molar-refractivity contribution in [2.45, 2.75) is 45.1 Å². The highest BCUT2D eigenvalue weighted by molar-refractivity contribution is 7.17. The van der Waals surface area contributed by atoms with Crippen molar-refractivity contribution in [1.82, 2.24) is 5.16 Å². The summed E-state index contributed by atoms with van der Waals surface area (Å²) in [7, 11) is 0. The fraction of sp³-hybridized carbons (Fsp3) is 0.318. The zero-order valence-corrected chi connectivity index (χ0v) is 17.3. The van der Waals surface area contributed by atoms with Crippen LogP contribution in [0.4, 0.5) is 5.00 Å². The minimum absolute atomic E-state index is 0.150. The summed E-state index contributed by atoms with van der Waals surface area (Å²) >= 11 is 1.43. The molecule has 8 heteroatoms. The first-order valence-electron chi connectivity index (χ1n) is 10.0. The maximum atomic E-state index is 12.8. The van der Waals surface area contributed by atoms with E-state index in [9.17, 15) is 9.59 Å². The summed E-state index contributed by atoms with van der Waals surface area (Å²) in [6.45, 7) is 2.03. The van der Waals surface area contributed by atoms with Crippen LogP contribution in [0.25, 0.3) is 11.3 Å². The third-order valence-electron chi connectivity index (χ3n) is 5.57. The Balaban J connectivity index is 1.39. The molecule has 0 radical (unpaired) electrons. The van der Waals surface area contributed by atoms with Gasteiger partial charge in [0.2, 0.25) is 0 Å². The number of hydrogen-bond donors (Lipinski definition) is 2. The van der Waals surface area contributed by atoms with Gasteiger partial charge in [-0.25, -0.2) is 0 Å². The molecule has 0 saturated heterocycles.